The topological polar surface area (TPSA) is 203 Å². The van der Waals surface area contributed by atoms with Gasteiger partial charge in [0.2, 0.25) is 0 Å². The van der Waals surface area contributed by atoms with Crippen LogP contribution < -0.4 is 5.32 Å². The lowest BCUT2D eigenvalue weighted by atomic mass is 9.88. The summed E-state index contributed by atoms with van der Waals surface area (Å²) in [4.78, 5) is 35.1. The van der Waals surface area contributed by atoms with Gasteiger partial charge >= 0.3 is 11.9 Å². The summed E-state index contributed by atoms with van der Waals surface area (Å²) in [6, 6.07) is -1.42. The smallest absolute Gasteiger partial charge is 0.364 e. The summed E-state index contributed by atoms with van der Waals surface area (Å²) in [5.41, 5.74) is -2.12. The van der Waals surface area contributed by atoms with Crippen molar-refractivity contribution < 1.29 is 54.5 Å². The Balaban J connectivity index is 2.44. The number of aliphatic hydroxyl groups is 4. The third kappa shape index (κ3) is 4.16. The summed E-state index contributed by atoms with van der Waals surface area (Å²) in [5.74, 6) is -6.90. The van der Waals surface area contributed by atoms with Crippen molar-refractivity contribution in [3.05, 3.63) is 11.6 Å². The van der Waals surface area contributed by atoms with Crippen LogP contribution in [0.4, 0.5) is 0 Å². The SMILES string of the molecule is C/C(=C\C1(C)OC[C@@H](O)[C@@H](O)C2O[C@](O)(C(=O)O)CC(O)[C@H]2NC1=O)C(=O)O. The largest absolute Gasteiger partial charge is 0.478 e. The lowest BCUT2D eigenvalue weighted by molar-refractivity contribution is -0.294. The van der Waals surface area contributed by atoms with Crippen LogP contribution >= 0.6 is 0 Å². The summed E-state index contributed by atoms with van der Waals surface area (Å²) in [5, 5.41) is 61.3. The van der Waals surface area contributed by atoms with Gasteiger partial charge < -0.3 is 45.4 Å². The second-order valence-corrected chi connectivity index (χ2v) is 7.05. The summed E-state index contributed by atoms with van der Waals surface area (Å²) in [6.07, 6.45) is -6.75. The molecule has 1 amide bonds. The maximum atomic E-state index is 12.7. The zero-order valence-corrected chi connectivity index (χ0v) is 15.1. The first-order valence-corrected chi connectivity index (χ1v) is 8.36. The Bertz CT molecular complexity index is 694. The number of nitrogens with one attached hydrogen (secondary N) is 1. The van der Waals surface area contributed by atoms with Gasteiger partial charge in [-0.2, -0.15) is 0 Å². The molecule has 158 valence electrons. The first-order valence-electron chi connectivity index (χ1n) is 8.36. The van der Waals surface area contributed by atoms with Gasteiger partial charge in [-0.1, -0.05) is 0 Å². The lowest BCUT2D eigenvalue weighted by Crippen LogP contribution is -2.67. The minimum Gasteiger partial charge on any atom is -0.478 e. The molecular weight excluding hydrogens is 382 g/mol. The van der Waals surface area contributed by atoms with Crippen molar-refractivity contribution in [2.45, 2.75) is 62.1 Å². The molecule has 2 fully saturated rings. The van der Waals surface area contributed by atoms with Crippen LogP contribution in [0.1, 0.15) is 20.3 Å². The number of hydrogen-bond acceptors (Lipinski definition) is 9. The van der Waals surface area contributed by atoms with Gasteiger partial charge in [0.25, 0.3) is 11.7 Å². The number of amides is 1. The predicted octanol–water partition coefficient (Wildman–Crippen LogP) is -3.06. The Morgan fingerprint density at radius 1 is 1.21 bits per heavy atom. The van der Waals surface area contributed by atoms with Crippen molar-refractivity contribution in [2.24, 2.45) is 0 Å². The minimum atomic E-state index is -2.84. The Labute approximate surface area is 159 Å². The fourth-order valence-corrected chi connectivity index (χ4v) is 3.09. The molecule has 2 rings (SSSR count). The van der Waals surface area contributed by atoms with E-state index in [-0.39, 0.29) is 5.57 Å². The monoisotopic (exact) mass is 405 g/mol. The summed E-state index contributed by atoms with van der Waals surface area (Å²) < 4.78 is 10.4. The van der Waals surface area contributed by atoms with Crippen LogP contribution in [0, 0.1) is 0 Å². The van der Waals surface area contributed by atoms with Gasteiger partial charge in [-0.3, -0.25) is 4.79 Å². The molecular formula is C16H23NO11. The number of carbonyl (C=O) groups excluding carboxylic acids is 1. The molecule has 7 atom stereocenters. The van der Waals surface area contributed by atoms with E-state index < -0.39 is 72.7 Å². The maximum Gasteiger partial charge on any atom is 0.364 e. The molecule has 2 heterocycles. The minimum absolute atomic E-state index is 0.232. The van der Waals surface area contributed by atoms with E-state index in [9.17, 15) is 34.8 Å². The number of carbonyl (C=O) groups is 3. The Hall–Kier alpha value is -2.09. The number of fused-ring (bicyclic) bond motifs is 1. The van der Waals surface area contributed by atoms with E-state index in [0.29, 0.717) is 0 Å². The van der Waals surface area contributed by atoms with Crippen LogP contribution in [0.25, 0.3) is 0 Å². The van der Waals surface area contributed by atoms with Crippen LogP contribution in [-0.2, 0) is 23.9 Å². The molecule has 0 aromatic rings. The quantitative estimate of drug-likeness (QED) is 0.235. The van der Waals surface area contributed by atoms with Crippen molar-refractivity contribution in [2.75, 3.05) is 6.61 Å². The summed E-state index contributed by atoms with van der Waals surface area (Å²) in [7, 11) is 0. The molecule has 12 heteroatoms. The van der Waals surface area contributed by atoms with Gasteiger partial charge in [0.15, 0.2) is 5.60 Å². The molecule has 0 aromatic heterocycles. The zero-order valence-electron chi connectivity index (χ0n) is 15.1. The number of rotatable bonds is 3. The van der Waals surface area contributed by atoms with Crippen LogP contribution in [0.3, 0.4) is 0 Å². The average molecular weight is 405 g/mol. The second kappa shape index (κ2) is 7.73. The van der Waals surface area contributed by atoms with Crippen LogP contribution in [0.5, 0.6) is 0 Å². The highest BCUT2D eigenvalue weighted by Crippen LogP contribution is 2.32. The molecule has 7 N–H and O–H groups in total. The van der Waals surface area contributed by atoms with Crippen molar-refractivity contribution in [3.8, 4) is 0 Å². The number of ether oxygens (including phenoxy) is 2. The average Bonchev–Trinajstić information content (AvgIpc) is 2.62. The van der Waals surface area contributed by atoms with E-state index in [1.165, 1.54) is 13.8 Å². The van der Waals surface area contributed by atoms with Gasteiger partial charge in [-0.25, -0.2) is 9.59 Å². The Morgan fingerprint density at radius 3 is 2.36 bits per heavy atom. The van der Waals surface area contributed by atoms with E-state index in [2.05, 4.69) is 5.32 Å². The van der Waals surface area contributed by atoms with Crippen LogP contribution in [-0.4, -0.2) is 96.9 Å². The Morgan fingerprint density at radius 2 is 1.82 bits per heavy atom. The van der Waals surface area contributed by atoms with Crippen LogP contribution in [0.15, 0.2) is 11.6 Å². The molecule has 12 nitrogen and oxygen atoms in total. The van der Waals surface area contributed by atoms with E-state index in [1.54, 1.807) is 0 Å². The number of aliphatic hydroxyl groups excluding tert-OH is 3. The molecule has 28 heavy (non-hydrogen) atoms. The summed E-state index contributed by atoms with van der Waals surface area (Å²) >= 11 is 0. The number of aliphatic carboxylic acids is 2. The van der Waals surface area contributed by atoms with E-state index >= 15 is 0 Å². The number of hydrogen-bond donors (Lipinski definition) is 7. The molecule has 0 bridgehead atoms. The van der Waals surface area contributed by atoms with E-state index in [1.807, 2.05) is 0 Å². The summed E-state index contributed by atoms with van der Waals surface area (Å²) in [6.45, 7) is 1.79. The van der Waals surface area contributed by atoms with Gasteiger partial charge in [0, 0.05) is 12.0 Å². The third-order valence-electron chi connectivity index (χ3n) is 4.78. The molecule has 0 aliphatic carbocycles. The lowest BCUT2D eigenvalue weighted by Gasteiger charge is -2.44. The van der Waals surface area contributed by atoms with Gasteiger partial charge in [0.05, 0.1) is 18.8 Å². The highest BCUT2D eigenvalue weighted by atomic mass is 16.7. The fraction of sp³-hybridized carbons (Fsp3) is 0.688. The van der Waals surface area contributed by atoms with Crippen molar-refractivity contribution in [1.82, 2.24) is 5.32 Å². The highest BCUT2D eigenvalue weighted by molar-refractivity contribution is 5.92. The normalized spacial score (nSPS) is 42.4. The van der Waals surface area contributed by atoms with E-state index in [0.717, 1.165) is 6.08 Å². The van der Waals surface area contributed by atoms with Crippen LogP contribution in [0.2, 0.25) is 0 Å². The number of carboxylic acid groups (broad SMARTS) is 2. The predicted molar refractivity (Wildman–Crippen MR) is 87.8 cm³/mol. The molecule has 2 aliphatic heterocycles. The molecule has 3 unspecified atom stereocenters. The zero-order chi connectivity index (χ0) is 21.4. The van der Waals surface area contributed by atoms with Gasteiger partial charge in [0.1, 0.15) is 18.3 Å². The molecule has 0 spiro atoms. The highest BCUT2D eigenvalue weighted by Gasteiger charge is 2.55. The molecule has 2 aliphatic rings. The standard InChI is InChI=1S/C16H23NO11/c1-6(12(21)22)3-15(2)13(23)17-9-7(18)4-16(26,14(24)25)28-11(9)10(20)8(19)5-27-15/h3,7-11,18-20,26H,4-5H2,1-2H3,(H,17,23)(H,21,22)(H,24,25)/b6-3+/t7?,8-,9-,10-,11?,15?,16+/m1/s1. The Kier molecular flexibility index (Phi) is 6.13. The fourth-order valence-electron chi connectivity index (χ4n) is 3.09. The first kappa shape index (κ1) is 22.2. The van der Waals surface area contributed by atoms with Gasteiger partial charge in [-0.15, -0.1) is 0 Å². The second-order valence-electron chi connectivity index (χ2n) is 7.05. The molecule has 0 aromatic carbocycles. The maximum absolute atomic E-state index is 12.7. The first-order chi connectivity index (χ1) is 12.8. The van der Waals surface area contributed by atoms with Crippen molar-refractivity contribution >= 4 is 17.8 Å². The van der Waals surface area contributed by atoms with Crippen molar-refractivity contribution in [1.29, 1.82) is 0 Å². The third-order valence-corrected chi connectivity index (χ3v) is 4.78. The molecule has 2 saturated heterocycles. The van der Waals surface area contributed by atoms with Gasteiger partial charge in [-0.05, 0) is 19.9 Å². The van der Waals surface area contributed by atoms with Crippen molar-refractivity contribution in [3.63, 3.8) is 0 Å². The van der Waals surface area contributed by atoms with E-state index in [4.69, 9.17) is 19.7 Å². The molecule has 0 saturated carbocycles. The molecule has 0 radical (unpaired) electrons. The number of carboxylic acids is 2.